The molecule has 4 nitrogen and oxygen atoms in total. The maximum atomic E-state index is 13.7. The Morgan fingerprint density at radius 1 is 1.29 bits per heavy atom. The third-order valence-electron chi connectivity index (χ3n) is 3.48. The summed E-state index contributed by atoms with van der Waals surface area (Å²) in [5.41, 5.74) is 7.96. The van der Waals surface area contributed by atoms with Crippen molar-refractivity contribution < 1.29 is 13.9 Å². The first-order valence-corrected chi connectivity index (χ1v) is 6.70. The molecule has 1 amide bonds. The number of fused-ring (bicyclic) bond motifs is 1. The summed E-state index contributed by atoms with van der Waals surface area (Å²) in [6.07, 6.45) is 0.0443. The number of carbonyl (C=O) groups excluding carboxylic acids is 1. The molecule has 0 saturated heterocycles. The van der Waals surface area contributed by atoms with Gasteiger partial charge in [-0.25, -0.2) is 4.39 Å². The number of nitrogens with two attached hydrogens (primary N) is 1. The number of halogens is 1. The zero-order valence-electron chi connectivity index (χ0n) is 11.3. The van der Waals surface area contributed by atoms with Crippen LogP contribution in [0.5, 0.6) is 0 Å². The molecule has 3 N–H and O–H groups in total. The minimum atomic E-state index is -0.726. The lowest BCUT2D eigenvalue weighted by molar-refractivity contribution is -0.128. The molecule has 1 atom stereocenters. The van der Waals surface area contributed by atoms with E-state index in [1.54, 1.807) is 0 Å². The van der Waals surface area contributed by atoms with E-state index >= 15 is 0 Å². The van der Waals surface area contributed by atoms with Crippen LogP contribution in [0.3, 0.4) is 0 Å². The summed E-state index contributed by atoms with van der Waals surface area (Å²) in [6.45, 7) is 0.467. The lowest BCUT2D eigenvalue weighted by atomic mass is 9.97. The first-order valence-electron chi connectivity index (χ1n) is 6.70. The van der Waals surface area contributed by atoms with Crippen molar-refractivity contribution in [3.8, 4) is 0 Å². The van der Waals surface area contributed by atoms with Crippen LogP contribution in [0.2, 0.25) is 0 Å². The summed E-state index contributed by atoms with van der Waals surface area (Å²) in [5, 5.41) is 2.54. The van der Waals surface area contributed by atoms with Crippen molar-refractivity contribution in [2.45, 2.75) is 12.5 Å². The van der Waals surface area contributed by atoms with Gasteiger partial charge in [0.2, 0.25) is 0 Å². The monoisotopic (exact) mass is 286 g/mol. The van der Waals surface area contributed by atoms with E-state index in [2.05, 4.69) is 5.32 Å². The number of amides is 1. The number of carbonyl (C=O) groups is 1. The maximum absolute atomic E-state index is 13.7. The van der Waals surface area contributed by atoms with Crippen molar-refractivity contribution in [2.24, 2.45) is 0 Å². The second kappa shape index (κ2) is 5.54. The molecule has 1 heterocycles. The standard InChI is InChI=1S/C16H15FN2O2/c17-13-6-5-11(18)9-14(13)19-16(20)15-12-4-2-1-3-10(12)7-8-21-15/h1-6,9,15H,7-8,18H2,(H,19,20). The molecule has 108 valence electrons. The first-order chi connectivity index (χ1) is 10.1. The minimum absolute atomic E-state index is 0.0617. The average Bonchev–Trinajstić information content (AvgIpc) is 2.50. The van der Waals surface area contributed by atoms with Crippen LogP contribution in [0, 0.1) is 5.82 Å². The van der Waals surface area contributed by atoms with Crippen LogP contribution in [-0.4, -0.2) is 12.5 Å². The summed E-state index contributed by atoms with van der Waals surface area (Å²) in [5.74, 6) is -0.923. The van der Waals surface area contributed by atoms with Crippen LogP contribution in [0.4, 0.5) is 15.8 Å². The van der Waals surface area contributed by atoms with E-state index in [0.29, 0.717) is 12.3 Å². The van der Waals surface area contributed by atoms with Gasteiger partial charge in [-0.2, -0.15) is 0 Å². The molecule has 0 radical (unpaired) electrons. The van der Waals surface area contributed by atoms with E-state index in [0.717, 1.165) is 17.5 Å². The summed E-state index contributed by atoms with van der Waals surface area (Å²) in [6, 6.07) is 11.7. The third kappa shape index (κ3) is 2.73. The summed E-state index contributed by atoms with van der Waals surface area (Å²) >= 11 is 0. The Kier molecular flexibility index (Phi) is 3.58. The Morgan fingerprint density at radius 3 is 2.95 bits per heavy atom. The zero-order chi connectivity index (χ0) is 14.8. The van der Waals surface area contributed by atoms with E-state index < -0.39 is 17.8 Å². The highest BCUT2D eigenvalue weighted by Crippen LogP contribution is 2.28. The average molecular weight is 286 g/mol. The molecule has 1 unspecified atom stereocenters. The van der Waals surface area contributed by atoms with Gasteiger partial charge in [-0.15, -0.1) is 0 Å². The second-order valence-corrected chi connectivity index (χ2v) is 4.93. The summed E-state index contributed by atoms with van der Waals surface area (Å²) in [4.78, 5) is 12.4. The molecule has 3 rings (SSSR count). The SMILES string of the molecule is Nc1ccc(F)c(NC(=O)C2OCCc3ccccc32)c1. The number of nitrogen functional groups attached to an aromatic ring is 1. The number of anilines is 2. The van der Waals surface area contributed by atoms with Crippen molar-refractivity contribution in [1.82, 2.24) is 0 Å². The Labute approximate surface area is 121 Å². The van der Waals surface area contributed by atoms with Gasteiger partial charge in [0.1, 0.15) is 5.82 Å². The first kappa shape index (κ1) is 13.6. The molecular formula is C16H15FN2O2. The summed E-state index contributed by atoms with van der Waals surface area (Å²) in [7, 11) is 0. The molecule has 2 aromatic carbocycles. The van der Waals surface area contributed by atoms with Crippen molar-refractivity contribution in [2.75, 3.05) is 17.7 Å². The summed E-state index contributed by atoms with van der Waals surface area (Å²) < 4.78 is 19.2. The number of benzene rings is 2. The minimum Gasteiger partial charge on any atom is -0.399 e. The molecule has 1 aliphatic heterocycles. The van der Waals surface area contributed by atoms with Crippen molar-refractivity contribution in [1.29, 1.82) is 0 Å². The number of rotatable bonds is 2. The van der Waals surface area contributed by atoms with Gasteiger partial charge < -0.3 is 15.8 Å². The largest absolute Gasteiger partial charge is 0.399 e. The lowest BCUT2D eigenvalue weighted by Gasteiger charge is -2.25. The van der Waals surface area contributed by atoms with Gasteiger partial charge in [-0.3, -0.25) is 4.79 Å². The molecule has 0 aliphatic carbocycles. The van der Waals surface area contributed by atoms with E-state index in [9.17, 15) is 9.18 Å². The molecular weight excluding hydrogens is 271 g/mol. The Morgan fingerprint density at radius 2 is 2.10 bits per heavy atom. The fourth-order valence-electron chi connectivity index (χ4n) is 2.45. The highest BCUT2D eigenvalue weighted by atomic mass is 19.1. The van der Waals surface area contributed by atoms with E-state index in [4.69, 9.17) is 10.5 Å². The number of nitrogens with one attached hydrogen (secondary N) is 1. The van der Waals surface area contributed by atoms with Crippen LogP contribution in [0.25, 0.3) is 0 Å². The van der Waals surface area contributed by atoms with Gasteiger partial charge in [0.15, 0.2) is 6.10 Å². The molecule has 21 heavy (non-hydrogen) atoms. The van der Waals surface area contributed by atoms with Gasteiger partial charge in [0.25, 0.3) is 5.91 Å². The lowest BCUT2D eigenvalue weighted by Crippen LogP contribution is -2.28. The van der Waals surface area contributed by atoms with Gasteiger partial charge in [-0.1, -0.05) is 24.3 Å². The molecule has 0 aromatic heterocycles. The molecule has 2 aromatic rings. The second-order valence-electron chi connectivity index (χ2n) is 4.93. The highest BCUT2D eigenvalue weighted by molar-refractivity contribution is 5.95. The number of hydrogen-bond acceptors (Lipinski definition) is 3. The Hall–Kier alpha value is -2.40. The van der Waals surface area contributed by atoms with E-state index in [1.165, 1.54) is 18.2 Å². The van der Waals surface area contributed by atoms with Gasteiger partial charge in [-0.05, 0) is 35.7 Å². The van der Waals surface area contributed by atoms with Crippen LogP contribution < -0.4 is 11.1 Å². The predicted octanol–water partition coefficient (Wildman–Crippen LogP) is 2.66. The normalized spacial score (nSPS) is 17.1. The fourth-order valence-corrected chi connectivity index (χ4v) is 2.45. The van der Waals surface area contributed by atoms with Crippen LogP contribution >= 0.6 is 0 Å². The molecule has 5 heteroatoms. The van der Waals surface area contributed by atoms with Crippen LogP contribution in [0.1, 0.15) is 17.2 Å². The predicted molar refractivity (Wildman–Crippen MR) is 78.3 cm³/mol. The molecule has 0 saturated carbocycles. The molecule has 1 aliphatic rings. The molecule has 0 spiro atoms. The fraction of sp³-hybridized carbons (Fsp3) is 0.188. The van der Waals surface area contributed by atoms with Crippen molar-refractivity contribution in [3.63, 3.8) is 0 Å². The Balaban J connectivity index is 1.85. The molecule has 0 bridgehead atoms. The van der Waals surface area contributed by atoms with E-state index in [-0.39, 0.29) is 5.69 Å². The smallest absolute Gasteiger partial charge is 0.258 e. The van der Waals surface area contributed by atoms with Crippen molar-refractivity contribution in [3.05, 3.63) is 59.4 Å². The topological polar surface area (TPSA) is 64.3 Å². The zero-order valence-corrected chi connectivity index (χ0v) is 11.3. The van der Waals surface area contributed by atoms with Gasteiger partial charge in [0, 0.05) is 5.69 Å². The molecule has 0 fully saturated rings. The number of ether oxygens (including phenoxy) is 1. The maximum Gasteiger partial charge on any atom is 0.258 e. The van der Waals surface area contributed by atoms with Gasteiger partial charge >= 0.3 is 0 Å². The highest BCUT2D eigenvalue weighted by Gasteiger charge is 2.27. The quantitative estimate of drug-likeness (QED) is 0.834. The third-order valence-corrected chi connectivity index (χ3v) is 3.48. The Bertz CT molecular complexity index is 688. The number of hydrogen-bond donors (Lipinski definition) is 2. The van der Waals surface area contributed by atoms with Crippen LogP contribution in [0.15, 0.2) is 42.5 Å². The van der Waals surface area contributed by atoms with Gasteiger partial charge in [0.05, 0.1) is 12.3 Å². The van der Waals surface area contributed by atoms with Crippen LogP contribution in [-0.2, 0) is 16.0 Å². The van der Waals surface area contributed by atoms with E-state index in [1.807, 2.05) is 24.3 Å². The van der Waals surface area contributed by atoms with Crippen molar-refractivity contribution >= 4 is 17.3 Å².